The zero-order chi connectivity index (χ0) is 23.9. The molecule has 4 rings (SSSR count). The molecule has 2 heterocycles. The quantitative estimate of drug-likeness (QED) is 0.383. The van der Waals surface area contributed by atoms with Gasteiger partial charge < -0.3 is 19.1 Å². The number of nitrogens with zero attached hydrogens (tertiary/aromatic N) is 3. The molecule has 2 aromatic carbocycles. The third-order valence-electron chi connectivity index (χ3n) is 6.29. The van der Waals surface area contributed by atoms with Gasteiger partial charge in [0.1, 0.15) is 5.69 Å². The first-order valence-corrected chi connectivity index (χ1v) is 12.2. The average Bonchev–Trinajstić information content (AvgIpc) is 3.27. The van der Waals surface area contributed by atoms with E-state index in [4.69, 9.17) is 9.26 Å². The lowest BCUT2D eigenvalue weighted by Gasteiger charge is -2.30. The van der Waals surface area contributed by atoms with Gasteiger partial charge in [-0.05, 0) is 29.9 Å². The predicted molar refractivity (Wildman–Crippen MR) is 134 cm³/mol. The Hall–Kier alpha value is -3.12. The normalized spacial score (nSPS) is 13.2. The molecule has 0 radical (unpaired) electrons. The summed E-state index contributed by atoms with van der Waals surface area (Å²) in [6.07, 6.45) is 2.27. The summed E-state index contributed by atoms with van der Waals surface area (Å²) in [6, 6.07) is 18.7. The summed E-state index contributed by atoms with van der Waals surface area (Å²) in [7, 11) is 1.69. The van der Waals surface area contributed by atoms with Crippen LogP contribution in [0, 0.1) is 5.92 Å². The Morgan fingerprint density at radius 3 is 2.59 bits per heavy atom. The smallest absolute Gasteiger partial charge is 0.233 e. The van der Waals surface area contributed by atoms with Crippen LogP contribution in [0.2, 0.25) is 0 Å². The van der Waals surface area contributed by atoms with E-state index in [1.807, 2.05) is 35.2 Å². The van der Waals surface area contributed by atoms with Crippen molar-refractivity contribution in [3.8, 4) is 11.3 Å². The van der Waals surface area contributed by atoms with Crippen molar-refractivity contribution in [2.75, 3.05) is 31.7 Å². The van der Waals surface area contributed by atoms with E-state index in [0.29, 0.717) is 32.0 Å². The second-order valence-electron chi connectivity index (χ2n) is 9.38. The lowest BCUT2D eigenvalue weighted by atomic mass is 9.99. The number of amides is 1. The van der Waals surface area contributed by atoms with E-state index in [1.54, 1.807) is 7.11 Å². The third kappa shape index (κ3) is 5.68. The number of carbonyl (C=O) groups is 1. The van der Waals surface area contributed by atoms with Gasteiger partial charge in [-0.25, -0.2) is 0 Å². The highest BCUT2D eigenvalue weighted by atomic mass is 16.5. The van der Waals surface area contributed by atoms with Crippen LogP contribution < -0.4 is 4.90 Å². The van der Waals surface area contributed by atoms with E-state index in [0.717, 1.165) is 48.6 Å². The second-order valence-corrected chi connectivity index (χ2v) is 9.38. The minimum atomic E-state index is 0.154. The van der Waals surface area contributed by atoms with E-state index in [2.05, 4.69) is 48.2 Å². The molecule has 0 spiro atoms. The zero-order valence-corrected chi connectivity index (χ0v) is 20.5. The summed E-state index contributed by atoms with van der Waals surface area (Å²) in [6.45, 7) is 7.52. The highest BCUT2D eigenvalue weighted by Gasteiger charge is 2.28. The summed E-state index contributed by atoms with van der Waals surface area (Å²) in [5.41, 5.74) is 5.48. The molecule has 0 fully saturated rings. The number of benzene rings is 2. The van der Waals surface area contributed by atoms with Crippen molar-refractivity contribution in [3.05, 3.63) is 71.3 Å². The summed E-state index contributed by atoms with van der Waals surface area (Å²) in [5.74, 6) is 1.22. The van der Waals surface area contributed by atoms with Gasteiger partial charge in [-0.3, -0.25) is 4.79 Å². The third-order valence-corrected chi connectivity index (χ3v) is 6.29. The average molecular weight is 462 g/mol. The van der Waals surface area contributed by atoms with Gasteiger partial charge in [0.15, 0.2) is 0 Å². The van der Waals surface area contributed by atoms with Crippen LogP contribution >= 0.6 is 0 Å². The van der Waals surface area contributed by atoms with Crippen LogP contribution in [0.3, 0.4) is 0 Å². The molecule has 1 aliphatic rings. The van der Waals surface area contributed by atoms with Gasteiger partial charge in [0.05, 0.1) is 12.1 Å². The van der Waals surface area contributed by atoms with E-state index in [-0.39, 0.29) is 5.91 Å². The molecule has 0 N–H and O–H groups in total. The molecule has 180 valence electrons. The van der Waals surface area contributed by atoms with Gasteiger partial charge in [0.25, 0.3) is 0 Å². The van der Waals surface area contributed by atoms with E-state index < -0.39 is 0 Å². The highest BCUT2D eigenvalue weighted by Crippen LogP contribution is 2.35. The van der Waals surface area contributed by atoms with Crippen molar-refractivity contribution in [1.29, 1.82) is 0 Å². The molecule has 0 saturated heterocycles. The van der Waals surface area contributed by atoms with Gasteiger partial charge in [-0.15, -0.1) is 0 Å². The molecule has 0 atom stereocenters. The molecule has 6 nitrogen and oxygen atoms in total. The van der Waals surface area contributed by atoms with Crippen LogP contribution in [-0.2, 0) is 29.0 Å². The molecule has 0 unspecified atom stereocenters. The second kappa shape index (κ2) is 11.3. The number of carbonyl (C=O) groups excluding carboxylic acids is 1. The van der Waals surface area contributed by atoms with Crippen LogP contribution in [0.1, 0.15) is 43.4 Å². The van der Waals surface area contributed by atoms with E-state index >= 15 is 0 Å². The molecule has 0 bridgehead atoms. The number of methoxy groups -OCH3 is 1. The molecule has 1 aromatic heterocycles. The Balaban J connectivity index is 1.68. The van der Waals surface area contributed by atoms with Crippen molar-refractivity contribution in [2.45, 2.75) is 46.2 Å². The predicted octanol–water partition coefficient (Wildman–Crippen LogP) is 5.32. The fraction of sp³-hybridized carbons (Fsp3) is 0.429. The Morgan fingerprint density at radius 2 is 1.85 bits per heavy atom. The number of ether oxygens (including phenoxy) is 1. The number of fused-ring (bicyclic) bond motifs is 1. The Morgan fingerprint density at radius 1 is 1.12 bits per heavy atom. The van der Waals surface area contributed by atoms with Crippen molar-refractivity contribution in [3.63, 3.8) is 0 Å². The largest absolute Gasteiger partial charge is 0.385 e. The number of aromatic nitrogens is 1. The first-order chi connectivity index (χ1) is 16.6. The van der Waals surface area contributed by atoms with E-state index in [9.17, 15) is 4.79 Å². The van der Waals surface area contributed by atoms with Crippen LogP contribution in [0.15, 0.2) is 59.1 Å². The van der Waals surface area contributed by atoms with Crippen LogP contribution in [-0.4, -0.2) is 42.8 Å². The molecule has 1 aliphatic heterocycles. The Kier molecular flexibility index (Phi) is 8.01. The monoisotopic (exact) mass is 461 g/mol. The number of hydrogen-bond donors (Lipinski definition) is 0. The first-order valence-electron chi connectivity index (χ1n) is 12.2. The molecule has 0 aliphatic carbocycles. The lowest BCUT2D eigenvalue weighted by Crippen LogP contribution is -2.34. The van der Waals surface area contributed by atoms with Gasteiger partial charge in [-0.2, -0.15) is 0 Å². The summed E-state index contributed by atoms with van der Waals surface area (Å²) in [4.78, 5) is 17.4. The van der Waals surface area contributed by atoms with Crippen LogP contribution in [0.25, 0.3) is 11.3 Å². The fourth-order valence-corrected chi connectivity index (χ4v) is 4.54. The SMILES string of the molecule is COCCCN(Cc1c(-c2ccccc2)noc1N1CCc2ccccc2C1)C(=O)CC(C)C. The standard InChI is InChI=1S/C28H35N3O3/c1-21(2)18-26(32)30(15-9-17-33-3)20-25-27(23-11-5-4-6-12-23)29-34-28(25)31-16-14-22-10-7-8-13-24(22)19-31/h4-8,10-13,21H,9,14-20H2,1-3H3. The number of hydrogen-bond acceptors (Lipinski definition) is 5. The Labute approximate surface area is 202 Å². The summed E-state index contributed by atoms with van der Waals surface area (Å²) < 4.78 is 11.3. The maximum absolute atomic E-state index is 13.2. The highest BCUT2D eigenvalue weighted by molar-refractivity contribution is 5.77. The van der Waals surface area contributed by atoms with Crippen molar-refractivity contribution in [2.24, 2.45) is 5.92 Å². The van der Waals surface area contributed by atoms with Crippen LogP contribution in [0.4, 0.5) is 5.88 Å². The zero-order valence-electron chi connectivity index (χ0n) is 20.5. The summed E-state index contributed by atoms with van der Waals surface area (Å²) in [5, 5.41) is 4.51. The van der Waals surface area contributed by atoms with Crippen molar-refractivity contribution < 1.29 is 14.1 Å². The van der Waals surface area contributed by atoms with Gasteiger partial charge in [-0.1, -0.05) is 73.6 Å². The fourth-order valence-electron chi connectivity index (χ4n) is 4.54. The molecular formula is C28H35N3O3. The van der Waals surface area contributed by atoms with Gasteiger partial charge in [0.2, 0.25) is 11.8 Å². The minimum absolute atomic E-state index is 0.154. The maximum atomic E-state index is 13.2. The van der Waals surface area contributed by atoms with Crippen molar-refractivity contribution in [1.82, 2.24) is 10.1 Å². The molecule has 34 heavy (non-hydrogen) atoms. The van der Waals surface area contributed by atoms with Gasteiger partial charge >= 0.3 is 0 Å². The molecule has 6 heteroatoms. The van der Waals surface area contributed by atoms with Gasteiger partial charge in [0, 0.05) is 45.3 Å². The first kappa shape index (κ1) is 24.0. The van der Waals surface area contributed by atoms with Crippen molar-refractivity contribution >= 4 is 11.8 Å². The summed E-state index contributed by atoms with van der Waals surface area (Å²) >= 11 is 0. The molecular weight excluding hydrogens is 426 g/mol. The number of rotatable bonds is 10. The Bertz CT molecular complexity index is 1080. The maximum Gasteiger partial charge on any atom is 0.233 e. The minimum Gasteiger partial charge on any atom is -0.385 e. The van der Waals surface area contributed by atoms with Crippen LogP contribution in [0.5, 0.6) is 0 Å². The molecule has 0 saturated carbocycles. The molecule has 3 aromatic rings. The molecule has 1 amide bonds. The topological polar surface area (TPSA) is 58.8 Å². The number of anilines is 1. The van der Waals surface area contributed by atoms with E-state index in [1.165, 1.54) is 11.1 Å². The lowest BCUT2D eigenvalue weighted by molar-refractivity contribution is -0.132.